The van der Waals surface area contributed by atoms with E-state index in [1.54, 1.807) is 6.20 Å². The zero-order valence-corrected chi connectivity index (χ0v) is 22.1. The van der Waals surface area contributed by atoms with Crippen molar-refractivity contribution in [2.24, 2.45) is 11.7 Å². The van der Waals surface area contributed by atoms with Gasteiger partial charge in [0.05, 0.1) is 21.3 Å². The number of nitrogens with two attached hydrogens (primary N) is 1. The van der Waals surface area contributed by atoms with Crippen LogP contribution < -0.4 is 21.4 Å². The molecule has 38 heavy (non-hydrogen) atoms. The molecule has 0 spiro atoms. The lowest BCUT2D eigenvalue weighted by Crippen LogP contribution is -2.40. The molecule has 1 aromatic carbocycles. The highest BCUT2D eigenvalue weighted by molar-refractivity contribution is 7.24. The van der Waals surface area contributed by atoms with Gasteiger partial charge in [0.25, 0.3) is 5.91 Å². The third-order valence-electron chi connectivity index (χ3n) is 7.93. The van der Waals surface area contributed by atoms with E-state index < -0.39 is 0 Å². The number of primary amides is 1. The Morgan fingerprint density at radius 2 is 1.82 bits per heavy atom. The van der Waals surface area contributed by atoms with Crippen molar-refractivity contribution in [2.75, 3.05) is 44.2 Å². The second-order valence-corrected chi connectivity index (χ2v) is 11.3. The van der Waals surface area contributed by atoms with Crippen molar-refractivity contribution in [3.63, 3.8) is 0 Å². The fourth-order valence-corrected chi connectivity index (χ4v) is 7.06. The van der Waals surface area contributed by atoms with Gasteiger partial charge in [-0.15, -0.1) is 11.3 Å². The van der Waals surface area contributed by atoms with Crippen molar-refractivity contribution in [1.82, 2.24) is 19.6 Å². The standard InChI is InChI=1S/C28H32N6O3S/c29-25(36)18-9-15-33(16-10-18)20-8-11-30-26-22(20)24(35)23(27(37)31-12-17-32-13-4-1-5-14-32)28-34(26)19-6-2-3-7-21(19)38-28/h2-3,6-8,11,18H,1,4-5,9-10,12-17H2,(H2,29,36)(H,31,37). The van der Waals surface area contributed by atoms with Gasteiger partial charge in [0.15, 0.2) is 5.65 Å². The Morgan fingerprint density at radius 3 is 2.58 bits per heavy atom. The average Bonchev–Trinajstić information content (AvgIpc) is 3.32. The van der Waals surface area contributed by atoms with E-state index >= 15 is 0 Å². The molecule has 0 aliphatic carbocycles. The highest BCUT2D eigenvalue weighted by Crippen LogP contribution is 2.34. The summed E-state index contributed by atoms with van der Waals surface area (Å²) >= 11 is 1.44. The predicted molar refractivity (Wildman–Crippen MR) is 151 cm³/mol. The fraction of sp³-hybridized carbons (Fsp3) is 0.429. The summed E-state index contributed by atoms with van der Waals surface area (Å²) in [5, 5.41) is 3.47. The summed E-state index contributed by atoms with van der Waals surface area (Å²) in [6.07, 6.45) is 6.62. The first kappa shape index (κ1) is 24.8. The highest BCUT2D eigenvalue weighted by atomic mass is 32.1. The first-order valence-corrected chi connectivity index (χ1v) is 14.2. The monoisotopic (exact) mass is 532 g/mol. The molecular weight excluding hydrogens is 500 g/mol. The van der Waals surface area contributed by atoms with E-state index in [0.717, 1.165) is 35.5 Å². The first-order chi connectivity index (χ1) is 18.5. The number of nitrogens with zero attached hydrogens (tertiary/aromatic N) is 4. The maximum absolute atomic E-state index is 14.1. The van der Waals surface area contributed by atoms with E-state index in [9.17, 15) is 14.4 Å². The molecule has 6 rings (SSSR count). The minimum Gasteiger partial charge on any atom is -0.371 e. The number of rotatable bonds is 6. The first-order valence-electron chi connectivity index (χ1n) is 13.4. The number of para-hydroxylation sites is 1. The third-order valence-corrected chi connectivity index (χ3v) is 9.08. The number of nitrogens with one attached hydrogen (secondary N) is 1. The van der Waals surface area contributed by atoms with Gasteiger partial charge >= 0.3 is 0 Å². The van der Waals surface area contributed by atoms with E-state index in [2.05, 4.69) is 20.1 Å². The lowest BCUT2D eigenvalue weighted by atomic mass is 9.95. The summed E-state index contributed by atoms with van der Waals surface area (Å²) in [5.41, 5.74) is 7.61. The number of pyridine rings is 2. The molecule has 5 heterocycles. The molecule has 0 atom stereocenters. The largest absolute Gasteiger partial charge is 0.371 e. The van der Waals surface area contributed by atoms with E-state index in [0.29, 0.717) is 48.3 Å². The molecule has 2 amide bonds. The summed E-state index contributed by atoms with van der Waals surface area (Å²) in [4.78, 5) is 49.2. The van der Waals surface area contributed by atoms with Crippen molar-refractivity contribution >= 4 is 54.9 Å². The number of fused-ring (bicyclic) bond motifs is 5. The Bertz CT molecular complexity index is 1580. The molecule has 0 bridgehead atoms. The highest BCUT2D eigenvalue weighted by Gasteiger charge is 2.28. The van der Waals surface area contributed by atoms with Gasteiger partial charge in [-0.25, -0.2) is 4.98 Å². The van der Waals surface area contributed by atoms with Gasteiger partial charge < -0.3 is 20.9 Å². The van der Waals surface area contributed by atoms with Crippen LogP contribution in [0.5, 0.6) is 0 Å². The van der Waals surface area contributed by atoms with Crippen molar-refractivity contribution in [1.29, 1.82) is 0 Å². The molecule has 0 radical (unpaired) electrons. The van der Waals surface area contributed by atoms with Crippen LogP contribution in [0.15, 0.2) is 41.3 Å². The van der Waals surface area contributed by atoms with Gasteiger partial charge in [-0.1, -0.05) is 18.6 Å². The van der Waals surface area contributed by atoms with Crippen LogP contribution in [-0.2, 0) is 4.79 Å². The summed E-state index contributed by atoms with van der Waals surface area (Å²) in [6.45, 7) is 4.59. The van der Waals surface area contributed by atoms with Crippen LogP contribution in [0.3, 0.4) is 0 Å². The minimum absolute atomic E-state index is 0.158. The number of amides is 2. The lowest BCUT2D eigenvalue weighted by molar-refractivity contribution is -0.122. The van der Waals surface area contributed by atoms with Crippen LogP contribution in [0.2, 0.25) is 0 Å². The number of aromatic nitrogens is 2. The van der Waals surface area contributed by atoms with Crippen LogP contribution in [0, 0.1) is 5.92 Å². The number of carbonyl (C=O) groups excluding carboxylic acids is 2. The molecular formula is C28H32N6O3S. The molecule has 9 nitrogen and oxygen atoms in total. The van der Waals surface area contributed by atoms with Crippen molar-refractivity contribution in [3.8, 4) is 0 Å². The number of hydrogen-bond donors (Lipinski definition) is 2. The van der Waals surface area contributed by atoms with Gasteiger partial charge in [0.2, 0.25) is 11.3 Å². The quantitative estimate of drug-likeness (QED) is 0.395. The molecule has 198 valence electrons. The number of carbonyl (C=O) groups is 2. The van der Waals surface area contributed by atoms with Crippen LogP contribution in [0.25, 0.3) is 26.1 Å². The zero-order valence-electron chi connectivity index (χ0n) is 21.3. The Morgan fingerprint density at radius 1 is 1.05 bits per heavy atom. The Labute approximate surface area is 224 Å². The summed E-state index contributed by atoms with van der Waals surface area (Å²) in [5.74, 6) is -0.784. The molecule has 3 aromatic heterocycles. The minimum atomic E-state index is -0.347. The average molecular weight is 533 g/mol. The van der Waals surface area contributed by atoms with Gasteiger partial charge in [-0.3, -0.25) is 18.8 Å². The molecule has 4 aromatic rings. The number of thiazole rings is 1. The Kier molecular flexibility index (Phi) is 6.75. The predicted octanol–water partition coefficient (Wildman–Crippen LogP) is 2.98. The Balaban J connectivity index is 1.44. The van der Waals surface area contributed by atoms with E-state index in [-0.39, 0.29) is 28.7 Å². The van der Waals surface area contributed by atoms with Crippen molar-refractivity contribution < 1.29 is 9.59 Å². The molecule has 3 N–H and O–H groups in total. The smallest absolute Gasteiger partial charge is 0.258 e. The maximum Gasteiger partial charge on any atom is 0.258 e. The van der Waals surface area contributed by atoms with Crippen LogP contribution in [0.1, 0.15) is 42.5 Å². The third kappa shape index (κ3) is 4.41. The van der Waals surface area contributed by atoms with E-state index in [4.69, 9.17) is 5.73 Å². The second-order valence-electron chi connectivity index (χ2n) is 10.3. The second kappa shape index (κ2) is 10.3. The fourth-order valence-electron chi connectivity index (χ4n) is 5.88. The van der Waals surface area contributed by atoms with E-state index in [1.165, 1.54) is 30.6 Å². The molecule has 2 saturated heterocycles. The lowest BCUT2D eigenvalue weighted by Gasteiger charge is -2.32. The Hall–Kier alpha value is -3.50. The van der Waals surface area contributed by atoms with Crippen LogP contribution in [0.4, 0.5) is 5.69 Å². The van der Waals surface area contributed by atoms with Gasteiger partial charge in [0, 0.05) is 38.3 Å². The number of piperidine rings is 2. The number of hydrogen-bond acceptors (Lipinski definition) is 7. The van der Waals surface area contributed by atoms with Crippen LogP contribution >= 0.6 is 11.3 Å². The topological polar surface area (TPSA) is 113 Å². The van der Waals surface area contributed by atoms with Crippen molar-refractivity contribution in [2.45, 2.75) is 32.1 Å². The SMILES string of the molecule is NC(=O)C1CCN(c2ccnc3c2c(=O)c(C(=O)NCCN2CCCCC2)c2sc4ccccc4n23)CC1. The number of benzene rings is 1. The van der Waals surface area contributed by atoms with Gasteiger partial charge in [-0.2, -0.15) is 0 Å². The van der Waals surface area contributed by atoms with Crippen LogP contribution in [-0.4, -0.2) is 65.4 Å². The molecule has 2 fully saturated rings. The molecule has 0 saturated carbocycles. The summed E-state index contributed by atoms with van der Waals surface area (Å²) in [6, 6.07) is 9.74. The summed E-state index contributed by atoms with van der Waals surface area (Å²) in [7, 11) is 0. The van der Waals surface area contributed by atoms with Crippen molar-refractivity contribution in [3.05, 3.63) is 52.3 Å². The number of likely N-dealkylation sites (tertiary alicyclic amines) is 1. The molecule has 0 unspecified atom stereocenters. The molecule has 2 aliphatic rings. The molecule has 10 heteroatoms. The molecule has 2 aliphatic heterocycles. The van der Waals surface area contributed by atoms with Gasteiger partial charge in [-0.05, 0) is 57.0 Å². The van der Waals surface area contributed by atoms with Gasteiger partial charge in [0.1, 0.15) is 10.4 Å². The van der Waals surface area contributed by atoms with E-state index in [1.807, 2.05) is 34.7 Å². The number of anilines is 1. The maximum atomic E-state index is 14.1. The summed E-state index contributed by atoms with van der Waals surface area (Å²) < 4.78 is 2.94. The normalized spacial score (nSPS) is 17.4. The zero-order chi connectivity index (χ0) is 26.2.